The molecule has 2 nitrogen and oxygen atoms in total. The lowest BCUT2D eigenvalue weighted by Crippen LogP contribution is -2.09. The van der Waals surface area contributed by atoms with Gasteiger partial charge in [0, 0.05) is 33.4 Å². The smallest absolute Gasteiger partial charge is 0.143 e. The van der Waals surface area contributed by atoms with Crippen molar-refractivity contribution in [3.63, 3.8) is 0 Å². The van der Waals surface area contributed by atoms with E-state index in [0.717, 1.165) is 72.4 Å². The third-order valence-corrected chi connectivity index (χ3v) is 14.1. The topological polar surface area (TPSA) is 16.4 Å². The van der Waals surface area contributed by atoms with Gasteiger partial charge < -0.3 is 9.32 Å². The van der Waals surface area contributed by atoms with Crippen LogP contribution in [0.2, 0.25) is 0 Å². The predicted molar refractivity (Wildman–Crippen MR) is 304 cm³/mol. The Morgan fingerprint density at radius 1 is 0.236 bits per heavy atom. The fraction of sp³-hybridized carbons (Fsp3) is 0. The lowest BCUT2D eigenvalue weighted by molar-refractivity contribution is 0.670. The number of hydrogen-bond acceptors (Lipinski definition) is 2. The molecule has 0 spiro atoms. The summed E-state index contributed by atoms with van der Waals surface area (Å²) in [6, 6.07) is 103. The Hall–Kier alpha value is -9.50. The molecule has 12 aromatic carbocycles. The summed E-state index contributed by atoms with van der Waals surface area (Å²) in [5.74, 6) is 0. The van der Waals surface area contributed by atoms with E-state index in [1.165, 1.54) is 55.3 Å². The summed E-state index contributed by atoms with van der Waals surface area (Å²) in [4.78, 5) is 2.36. The zero-order valence-corrected chi connectivity index (χ0v) is 39.5. The van der Waals surface area contributed by atoms with Crippen LogP contribution >= 0.6 is 0 Å². The number of fused-ring (bicyclic) bond motifs is 4. The molecule has 0 aliphatic carbocycles. The molecule has 13 aromatic rings. The monoisotopic (exact) mass is 917 g/mol. The van der Waals surface area contributed by atoms with Crippen molar-refractivity contribution in [2.24, 2.45) is 0 Å². The molecule has 0 amide bonds. The molecule has 0 N–H and O–H groups in total. The van der Waals surface area contributed by atoms with Crippen molar-refractivity contribution >= 4 is 49.8 Å². The second-order valence-electron chi connectivity index (χ2n) is 18.4. The molecule has 72 heavy (non-hydrogen) atoms. The van der Waals surface area contributed by atoms with E-state index in [9.17, 15) is 0 Å². The molecular weight excluding hydrogens is 871 g/mol. The number of anilines is 3. The van der Waals surface area contributed by atoms with E-state index in [1.54, 1.807) is 0 Å². The molecule has 1 heterocycles. The highest BCUT2D eigenvalue weighted by Gasteiger charge is 2.20. The average Bonchev–Trinajstić information content (AvgIpc) is 3.85. The van der Waals surface area contributed by atoms with Crippen LogP contribution in [-0.2, 0) is 0 Å². The average molecular weight is 918 g/mol. The molecule has 338 valence electrons. The van der Waals surface area contributed by atoms with Gasteiger partial charge in [0.1, 0.15) is 11.2 Å². The maximum atomic E-state index is 6.49. The van der Waals surface area contributed by atoms with E-state index in [-0.39, 0.29) is 0 Å². The molecule has 0 radical (unpaired) electrons. The normalized spacial score (nSPS) is 11.3. The lowest BCUT2D eigenvalue weighted by atomic mass is 9.84. The Kier molecular flexibility index (Phi) is 10.9. The molecule has 1 aromatic heterocycles. The highest BCUT2D eigenvalue weighted by atomic mass is 16.3. The fourth-order valence-corrected chi connectivity index (χ4v) is 10.6. The highest BCUT2D eigenvalue weighted by Crippen LogP contribution is 2.46. The molecule has 0 saturated heterocycles. The van der Waals surface area contributed by atoms with Crippen molar-refractivity contribution < 1.29 is 4.42 Å². The third kappa shape index (κ3) is 7.92. The summed E-state index contributed by atoms with van der Waals surface area (Å²) in [5.41, 5.74) is 21.3. The third-order valence-electron chi connectivity index (χ3n) is 14.1. The van der Waals surface area contributed by atoms with Crippen LogP contribution in [0.4, 0.5) is 17.1 Å². The van der Waals surface area contributed by atoms with Gasteiger partial charge in [0.25, 0.3) is 0 Å². The summed E-state index contributed by atoms with van der Waals surface area (Å²) in [7, 11) is 0. The minimum absolute atomic E-state index is 0.902. The first-order chi connectivity index (χ1) is 35.7. The van der Waals surface area contributed by atoms with Gasteiger partial charge >= 0.3 is 0 Å². The van der Waals surface area contributed by atoms with Crippen LogP contribution in [0.25, 0.3) is 111 Å². The minimum Gasteiger partial charge on any atom is -0.455 e. The molecule has 0 unspecified atom stereocenters. The minimum atomic E-state index is 0.902. The van der Waals surface area contributed by atoms with Crippen LogP contribution in [-0.4, -0.2) is 0 Å². The maximum absolute atomic E-state index is 6.49. The molecular formula is C70H47NO. The van der Waals surface area contributed by atoms with Crippen LogP contribution in [0.5, 0.6) is 0 Å². The van der Waals surface area contributed by atoms with Crippen LogP contribution in [0.15, 0.2) is 290 Å². The highest BCUT2D eigenvalue weighted by molar-refractivity contribution is 6.10. The van der Waals surface area contributed by atoms with Crippen molar-refractivity contribution in [3.05, 3.63) is 285 Å². The first kappa shape index (κ1) is 42.6. The number of para-hydroxylation sites is 2. The predicted octanol–water partition coefficient (Wildman–Crippen LogP) is 19.9. The Morgan fingerprint density at radius 2 is 0.625 bits per heavy atom. The number of hydrogen-bond donors (Lipinski definition) is 0. The van der Waals surface area contributed by atoms with Crippen LogP contribution in [0, 0.1) is 0 Å². The largest absolute Gasteiger partial charge is 0.455 e. The molecule has 13 rings (SSSR count). The summed E-state index contributed by atoms with van der Waals surface area (Å²) >= 11 is 0. The van der Waals surface area contributed by atoms with Crippen molar-refractivity contribution in [3.8, 4) is 77.9 Å². The zero-order valence-electron chi connectivity index (χ0n) is 39.5. The van der Waals surface area contributed by atoms with Crippen molar-refractivity contribution in [2.45, 2.75) is 0 Å². The Bertz CT molecular complexity index is 4020. The first-order valence-electron chi connectivity index (χ1n) is 24.6. The zero-order chi connectivity index (χ0) is 47.8. The van der Waals surface area contributed by atoms with Gasteiger partial charge in [-0.25, -0.2) is 0 Å². The number of furan rings is 1. The fourth-order valence-electron chi connectivity index (χ4n) is 10.6. The molecule has 0 fully saturated rings. The van der Waals surface area contributed by atoms with Gasteiger partial charge in [-0.1, -0.05) is 231 Å². The van der Waals surface area contributed by atoms with Crippen molar-refractivity contribution in [1.82, 2.24) is 0 Å². The molecule has 0 aliphatic rings. The number of rotatable bonds is 10. The van der Waals surface area contributed by atoms with Gasteiger partial charge in [0.2, 0.25) is 0 Å². The van der Waals surface area contributed by atoms with Crippen LogP contribution < -0.4 is 4.90 Å². The standard InChI is InChI=1S/C70H47NO/c1-4-16-48(17-5-1)50-34-40-58(41-35-50)71(59-42-36-52(37-43-59)62-26-14-23-51-20-10-11-24-61(51)62)60-44-38-55(39-45-60)67-47-57(49-18-6-2-7-19-49)46-66(69(67)56-21-8-3-9-22-56)54-32-30-53(31-33-54)63-27-15-28-65-64-25-12-13-29-68(64)72-70(63)65/h1-47H. The summed E-state index contributed by atoms with van der Waals surface area (Å²) in [6.07, 6.45) is 0. The number of benzene rings is 12. The second kappa shape index (κ2) is 18.4. The summed E-state index contributed by atoms with van der Waals surface area (Å²) in [5, 5.41) is 4.75. The Balaban J connectivity index is 0.933. The van der Waals surface area contributed by atoms with Crippen LogP contribution in [0.1, 0.15) is 0 Å². The van der Waals surface area contributed by atoms with E-state index in [4.69, 9.17) is 4.42 Å². The summed E-state index contributed by atoms with van der Waals surface area (Å²) in [6.45, 7) is 0. The Labute approximate surface area is 420 Å². The van der Waals surface area contributed by atoms with E-state index in [1.807, 2.05) is 12.1 Å². The van der Waals surface area contributed by atoms with Gasteiger partial charge in [0.15, 0.2) is 0 Å². The van der Waals surface area contributed by atoms with E-state index in [2.05, 4.69) is 278 Å². The van der Waals surface area contributed by atoms with Gasteiger partial charge in [0.05, 0.1) is 0 Å². The summed E-state index contributed by atoms with van der Waals surface area (Å²) < 4.78 is 6.49. The second-order valence-corrected chi connectivity index (χ2v) is 18.4. The van der Waals surface area contributed by atoms with E-state index >= 15 is 0 Å². The quantitative estimate of drug-likeness (QED) is 0.136. The van der Waals surface area contributed by atoms with Crippen molar-refractivity contribution in [2.75, 3.05) is 4.90 Å². The van der Waals surface area contributed by atoms with Crippen molar-refractivity contribution in [1.29, 1.82) is 0 Å². The van der Waals surface area contributed by atoms with Crippen LogP contribution in [0.3, 0.4) is 0 Å². The molecule has 0 aliphatic heterocycles. The first-order valence-corrected chi connectivity index (χ1v) is 24.6. The SMILES string of the molecule is c1ccc(-c2ccc(N(c3ccc(-c4cc(-c5ccccc5)cc(-c5ccc(-c6cccc7c6oc6ccccc67)cc5)c4-c4ccccc4)cc3)c3ccc(-c4cccc5ccccc45)cc3)cc2)cc1. The Morgan fingerprint density at radius 3 is 1.22 bits per heavy atom. The molecule has 0 bridgehead atoms. The van der Waals surface area contributed by atoms with Gasteiger partial charge in [-0.05, 0) is 138 Å². The molecule has 2 heteroatoms. The van der Waals surface area contributed by atoms with Gasteiger partial charge in [-0.15, -0.1) is 0 Å². The number of nitrogens with zero attached hydrogens (tertiary/aromatic N) is 1. The maximum Gasteiger partial charge on any atom is 0.143 e. The van der Waals surface area contributed by atoms with E-state index < -0.39 is 0 Å². The van der Waals surface area contributed by atoms with Gasteiger partial charge in [-0.3, -0.25) is 0 Å². The lowest BCUT2D eigenvalue weighted by Gasteiger charge is -2.26. The molecule has 0 atom stereocenters. The molecule has 0 saturated carbocycles. The van der Waals surface area contributed by atoms with E-state index in [0.29, 0.717) is 0 Å². The van der Waals surface area contributed by atoms with Gasteiger partial charge in [-0.2, -0.15) is 0 Å².